The Labute approximate surface area is 171 Å². The molecule has 0 bridgehead atoms. The van der Waals surface area contributed by atoms with Gasteiger partial charge in [0.2, 0.25) is 5.91 Å². The Morgan fingerprint density at radius 2 is 1.79 bits per heavy atom. The van der Waals surface area contributed by atoms with Gasteiger partial charge in [0.25, 0.3) is 0 Å². The van der Waals surface area contributed by atoms with Gasteiger partial charge in [-0.25, -0.2) is 0 Å². The molecular weight excluding hydrogens is 377 g/mol. The summed E-state index contributed by atoms with van der Waals surface area (Å²) in [4.78, 5) is 17.3. The van der Waals surface area contributed by atoms with E-state index in [0.29, 0.717) is 42.2 Å². The summed E-state index contributed by atoms with van der Waals surface area (Å²) in [6, 6.07) is 6.37. The molecule has 0 aromatic heterocycles. The van der Waals surface area contributed by atoms with Crippen molar-refractivity contribution in [3.63, 3.8) is 0 Å². The number of aryl methyl sites for hydroxylation is 1. The third kappa shape index (κ3) is 4.18. The molecule has 29 heavy (non-hydrogen) atoms. The molecule has 1 aromatic carbocycles. The standard InChI is InChI=1S/C23H31F3N2O/c1-15(2)20-12-18-14-27(13-17-7-10-21(29)28(20)22(17)18)11-3-4-16-5-8-19(9-6-16)23(24,25)26/h5-6,8-9,15,17-18,20,22H,3-4,7,10-14H2,1-2H3/t17-,18?,20-,22?/m1/s1. The van der Waals surface area contributed by atoms with Crippen LogP contribution in [0.25, 0.3) is 0 Å². The van der Waals surface area contributed by atoms with E-state index in [1.165, 1.54) is 12.1 Å². The zero-order valence-electron chi connectivity index (χ0n) is 17.3. The monoisotopic (exact) mass is 408 g/mol. The highest BCUT2D eigenvalue weighted by Gasteiger charge is 2.52. The van der Waals surface area contributed by atoms with Crippen molar-refractivity contribution < 1.29 is 18.0 Å². The Morgan fingerprint density at radius 1 is 1.10 bits per heavy atom. The quantitative estimate of drug-likeness (QED) is 0.711. The lowest BCUT2D eigenvalue weighted by Gasteiger charge is -2.47. The predicted octanol–water partition coefficient (Wildman–Crippen LogP) is 4.61. The van der Waals surface area contributed by atoms with Crippen molar-refractivity contribution in [2.45, 2.75) is 64.2 Å². The predicted molar refractivity (Wildman–Crippen MR) is 106 cm³/mol. The minimum atomic E-state index is -4.27. The number of carbonyl (C=O) groups is 1. The lowest BCUT2D eigenvalue weighted by Crippen LogP contribution is -2.57. The number of piperidine rings is 2. The van der Waals surface area contributed by atoms with Crippen molar-refractivity contribution in [1.82, 2.24) is 9.80 Å². The summed E-state index contributed by atoms with van der Waals surface area (Å²) >= 11 is 0. The van der Waals surface area contributed by atoms with E-state index in [4.69, 9.17) is 0 Å². The topological polar surface area (TPSA) is 23.6 Å². The molecule has 160 valence electrons. The number of rotatable bonds is 5. The van der Waals surface area contributed by atoms with Crippen LogP contribution in [0, 0.1) is 17.8 Å². The summed E-state index contributed by atoms with van der Waals surface area (Å²) < 4.78 is 38.1. The highest BCUT2D eigenvalue weighted by molar-refractivity contribution is 5.78. The van der Waals surface area contributed by atoms with E-state index in [1.807, 2.05) is 0 Å². The number of hydrogen-bond donors (Lipinski definition) is 0. The Morgan fingerprint density at radius 3 is 2.45 bits per heavy atom. The number of alkyl halides is 3. The number of amides is 1. The molecule has 4 atom stereocenters. The van der Waals surface area contributed by atoms with Crippen LogP contribution in [-0.4, -0.2) is 47.4 Å². The lowest BCUT2D eigenvalue weighted by molar-refractivity contribution is -0.142. The van der Waals surface area contributed by atoms with E-state index >= 15 is 0 Å². The van der Waals surface area contributed by atoms with Gasteiger partial charge in [-0.1, -0.05) is 26.0 Å². The summed E-state index contributed by atoms with van der Waals surface area (Å²) in [6.07, 6.45) is 0.263. The van der Waals surface area contributed by atoms with Crippen LogP contribution in [0.3, 0.4) is 0 Å². The Hall–Kier alpha value is -1.56. The second-order valence-electron chi connectivity index (χ2n) is 9.46. The van der Waals surface area contributed by atoms with Crippen LogP contribution in [0.15, 0.2) is 24.3 Å². The van der Waals surface area contributed by atoms with Crippen LogP contribution in [0.5, 0.6) is 0 Å². The molecule has 3 aliphatic rings. The molecule has 3 fully saturated rings. The molecule has 0 saturated carbocycles. The van der Waals surface area contributed by atoms with E-state index in [1.54, 1.807) is 12.1 Å². The molecule has 3 nitrogen and oxygen atoms in total. The van der Waals surface area contributed by atoms with Crippen molar-refractivity contribution in [3.05, 3.63) is 35.4 Å². The number of nitrogens with zero attached hydrogens (tertiary/aromatic N) is 2. The van der Waals surface area contributed by atoms with Gasteiger partial charge in [-0.15, -0.1) is 0 Å². The van der Waals surface area contributed by atoms with Gasteiger partial charge in [0, 0.05) is 31.6 Å². The summed E-state index contributed by atoms with van der Waals surface area (Å²) in [5, 5.41) is 0. The van der Waals surface area contributed by atoms with E-state index in [9.17, 15) is 18.0 Å². The number of carbonyl (C=O) groups excluding carboxylic acids is 1. The molecule has 1 aromatic rings. The molecule has 0 spiro atoms. The fraction of sp³-hybridized carbons (Fsp3) is 0.696. The highest BCUT2D eigenvalue weighted by Crippen LogP contribution is 2.45. The van der Waals surface area contributed by atoms with Crippen LogP contribution in [0.4, 0.5) is 13.2 Å². The maximum atomic E-state index is 12.7. The maximum Gasteiger partial charge on any atom is 0.416 e. The average Bonchev–Trinajstić information content (AvgIpc) is 3.06. The minimum absolute atomic E-state index is 0.350. The average molecular weight is 409 g/mol. The van der Waals surface area contributed by atoms with Crippen molar-refractivity contribution in [1.29, 1.82) is 0 Å². The second-order valence-corrected chi connectivity index (χ2v) is 9.46. The number of benzene rings is 1. The van der Waals surface area contributed by atoms with E-state index in [-0.39, 0.29) is 0 Å². The fourth-order valence-corrected chi connectivity index (χ4v) is 5.85. The molecule has 2 unspecified atom stereocenters. The first kappa shape index (κ1) is 20.7. The van der Waals surface area contributed by atoms with E-state index in [2.05, 4.69) is 23.6 Å². The summed E-state index contributed by atoms with van der Waals surface area (Å²) in [5.41, 5.74) is 0.378. The molecule has 1 amide bonds. The minimum Gasteiger partial charge on any atom is -0.336 e. The Bertz CT molecular complexity index is 731. The SMILES string of the molecule is CC(C)[C@H]1CC2CN(CCCc3ccc(C(F)(F)F)cc3)C[C@H]3CCC(=O)N1C23. The van der Waals surface area contributed by atoms with E-state index in [0.717, 1.165) is 50.9 Å². The number of hydrogen-bond acceptors (Lipinski definition) is 2. The van der Waals surface area contributed by atoms with Crippen LogP contribution >= 0.6 is 0 Å². The van der Waals surface area contributed by atoms with Gasteiger partial charge in [-0.05, 0) is 67.7 Å². The van der Waals surface area contributed by atoms with Crippen molar-refractivity contribution in [2.75, 3.05) is 19.6 Å². The number of likely N-dealkylation sites (tertiary alicyclic amines) is 1. The molecule has 0 radical (unpaired) electrons. The lowest BCUT2D eigenvalue weighted by atomic mass is 9.79. The van der Waals surface area contributed by atoms with Crippen molar-refractivity contribution in [3.8, 4) is 0 Å². The van der Waals surface area contributed by atoms with Crippen molar-refractivity contribution in [2.24, 2.45) is 17.8 Å². The molecule has 4 rings (SSSR count). The van der Waals surface area contributed by atoms with Gasteiger partial charge >= 0.3 is 6.18 Å². The largest absolute Gasteiger partial charge is 0.416 e. The van der Waals surface area contributed by atoms with Gasteiger partial charge in [0.1, 0.15) is 0 Å². The molecule has 3 aliphatic heterocycles. The zero-order valence-corrected chi connectivity index (χ0v) is 17.3. The van der Waals surface area contributed by atoms with Crippen molar-refractivity contribution >= 4 is 5.91 Å². The first-order chi connectivity index (χ1) is 13.7. The smallest absolute Gasteiger partial charge is 0.336 e. The van der Waals surface area contributed by atoms with Gasteiger partial charge in [0.05, 0.1) is 5.56 Å². The number of halogens is 3. The van der Waals surface area contributed by atoms with Gasteiger partial charge < -0.3 is 9.80 Å². The first-order valence-electron chi connectivity index (χ1n) is 10.9. The van der Waals surface area contributed by atoms with Gasteiger partial charge in [-0.3, -0.25) is 4.79 Å². The fourth-order valence-electron chi connectivity index (χ4n) is 5.85. The third-order valence-electron chi connectivity index (χ3n) is 7.18. The molecule has 3 saturated heterocycles. The summed E-state index contributed by atoms with van der Waals surface area (Å²) in [7, 11) is 0. The van der Waals surface area contributed by atoms with Crippen LogP contribution in [0.2, 0.25) is 0 Å². The van der Waals surface area contributed by atoms with Crippen LogP contribution < -0.4 is 0 Å². The van der Waals surface area contributed by atoms with Crippen LogP contribution in [0.1, 0.15) is 50.7 Å². The second kappa shape index (κ2) is 7.93. The maximum absolute atomic E-state index is 12.7. The molecule has 0 aliphatic carbocycles. The normalized spacial score (nSPS) is 30.1. The zero-order chi connectivity index (χ0) is 20.8. The van der Waals surface area contributed by atoms with Gasteiger partial charge in [-0.2, -0.15) is 13.2 Å². The summed E-state index contributed by atoms with van der Waals surface area (Å²) in [5.74, 6) is 1.98. The molecule has 3 heterocycles. The molecular formula is C23H31F3N2O. The molecule has 6 heteroatoms. The first-order valence-corrected chi connectivity index (χ1v) is 10.9. The van der Waals surface area contributed by atoms with E-state index < -0.39 is 11.7 Å². The highest BCUT2D eigenvalue weighted by atomic mass is 19.4. The Balaban J connectivity index is 1.33. The third-order valence-corrected chi connectivity index (χ3v) is 7.18. The van der Waals surface area contributed by atoms with Gasteiger partial charge in [0.15, 0.2) is 0 Å². The Kier molecular flexibility index (Phi) is 5.66. The summed E-state index contributed by atoms with van der Waals surface area (Å²) in [6.45, 7) is 7.51. The molecule has 0 N–H and O–H groups in total. The van der Waals surface area contributed by atoms with Crippen LogP contribution in [-0.2, 0) is 17.4 Å².